The number of unbranched alkanes of at least 4 members (excludes halogenated alkanes) is 11. The molecule has 0 saturated heterocycles. The summed E-state index contributed by atoms with van der Waals surface area (Å²) in [5.41, 5.74) is 0. The highest BCUT2D eigenvalue weighted by Crippen LogP contribution is 2.21. The summed E-state index contributed by atoms with van der Waals surface area (Å²) in [7, 11) is 0. The summed E-state index contributed by atoms with van der Waals surface area (Å²) in [5.74, 6) is -0.324. The Hall–Kier alpha value is -0.810. The fourth-order valence-electron chi connectivity index (χ4n) is 5.27. The number of aliphatic hydroxyl groups excluding tert-OH is 7. The van der Waals surface area contributed by atoms with Crippen molar-refractivity contribution < 1.29 is 40.5 Å². The van der Waals surface area contributed by atoms with Crippen molar-refractivity contribution >= 4 is 5.91 Å². The molecule has 0 fully saturated rings. The Balaban J connectivity index is 4.69. The van der Waals surface area contributed by atoms with Crippen molar-refractivity contribution in [3.63, 3.8) is 0 Å². The van der Waals surface area contributed by atoms with Gasteiger partial charge in [0, 0.05) is 13.0 Å². The zero-order chi connectivity index (χ0) is 31.0. The van der Waals surface area contributed by atoms with Crippen LogP contribution >= 0.6 is 0 Å². The predicted molar refractivity (Wildman–Crippen MR) is 163 cm³/mol. The van der Waals surface area contributed by atoms with Gasteiger partial charge in [-0.25, -0.2) is 0 Å². The molecule has 0 aliphatic carbocycles. The second-order valence-corrected chi connectivity index (χ2v) is 12.0. The van der Waals surface area contributed by atoms with Crippen molar-refractivity contribution in [3.8, 4) is 0 Å². The first-order valence-corrected chi connectivity index (χ1v) is 16.6. The van der Waals surface area contributed by atoms with Crippen molar-refractivity contribution in [1.29, 1.82) is 0 Å². The molecule has 0 aromatic carbocycles. The van der Waals surface area contributed by atoms with Crippen molar-refractivity contribution in [2.75, 3.05) is 13.2 Å². The van der Waals surface area contributed by atoms with Crippen LogP contribution in [-0.4, -0.2) is 96.5 Å². The number of hydrogen-bond acceptors (Lipinski definition) is 8. The van der Waals surface area contributed by atoms with Gasteiger partial charge in [0.2, 0.25) is 5.91 Å². The number of aliphatic hydroxyl groups is 7. The van der Waals surface area contributed by atoms with Gasteiger partial charge in [-0.3, -0.25) is 4.79 Å². The van der Waals surface area contributed by atoms with Crippen molar-refractivity contribution in [1.82, 2.24) is 4.90 Å². The average molecular weight is 592 g/mol. The molecule has 3 unspecified atom stereocenters. The van der Waals surface area contributed by atoms with E-state index in [4.69, 9.17) is 5.11 Å². The highest BCUT2D eigenvalue weighted by atomic mass is 16.4. The SMILES string of the molecule is CCCCCCCCCCCCCC(O)CCCC(=O)N(CC(CC)CCCC)C(O)[C@H](O)[C@@H](O)[C@H](O)[C@H](O)CO. The van der Waals surface area contributed by atoms with E-state index >= 15 is 0 Å². The van der Waals surface area contributed by atoms with Crippen LogP contribution in [0.2, 0.25) is 0 Å². The zero-order valence-corrected chi connectivity index (χ0v) is 26.4. The minimum absolute atomic E-state index is 0.0707. The van der Waals surface area contributed by atoms with Crippen LogP contribution in [0.5, 0.6) is 0 Å². The van der Waals surface area contributed by atoms with Crippen LogP contribution in [0.15, 0.2) is 0 Å². The third-order valence-corrected chi connectivity index (χ3v) is 8.29. The molecule has 246 valence electrons. The van der Waals surface area contributed by atoms with Crippen molar-refractivity contribution in [2.24, 2.45) is 5.92 Å². The van der Waals surface area contributed by atoms with Gasteiger partial charge in [0.1, 0.15) is 24.4 Å². The van der Waals surface area contributed by atoms with Gasteiger partial charge in [0.25, 0.3) is 0 Å². The number of rotatable bonds is 28. The normalized spacial score (nSPS) is 17.0. The molecule has 0 aliphatic rings. The molecule has 0 aromatic rings. The summed E-state index contributed by atoms with van der Waals surface area (Å²) in [5, 5.41) is 70.7. The highest BCUT2D eigenvalue weighted by molar-refractivity contribution is 5.76. The maximum absolute atomic E-state index is 13.2. The molecule has 0 rings (SSSR count). The van der Waals surface area contributed by atoms with Gasteiger partial charge in [-0.1, -0.05) is 111 Å². The van der Waals surface area contributed by atoms with E-state index in [0.29, 0.717) is 19.3 Å². The summed E-state index contributed by atoms with van der Waals surface area (Å²) in [6.07, 6.45) is 9.12. The number of amides is 1. The Morgan fingerprint density at radius 1 is 0.610 bits per heavy atom. The molecule has 0 bridgehead atoms. The van der Waals surface area contributed by atoms with E-state index in [0.717, 1.165) is 43.4 Å². The highest BCUT2D eigenvalue weighted by Gasteiger charge is 2.38. The molecule has 0 aromatic heterocycles. The van der Waals surface area contributed by atoms with Crippen molar-refractivity contribution in [2.45, 2.75) is 180 Å². The molecule has 0 heterocycles. The largest absolute Gasteiger partial charge is 0.394 e. The lowest BCUT2D eigenvalue weighted by Gasteiger charge is -2.37. The molecule has 1 amide bonds. The number of hydrogen-bond donors (Lipinski definition) is 7. The molecule has 7 N–H and O–H groups in total. The molecule has 7 atom stereocenters. The van der Waals surface area contributed by atoms with E-state index in [1.165, 1.54) is 57.8 Å². The van der Waals surface area contributed by atoms with Crippen LogP contribution in [0.25, 0.3) is 0 Å². The Labute approximate surface area is 250 Å². The van der Waals surface area contributed by atoms with Crippen molar-refractivity contribution in [3.05, 3.63) is 0 Å². The van der Waals surface area contributed by atoms with Crippen LogP contribution in [0, 0.1) is 5.92 Å². The van der Waals surface area contributed by atoms with E-state index in [1.54, 1.807) is 0 Å². The van der Waals surface area contributed by atoms with Crippen LogP contribution in [0.4, 0.5) is 0 Å². The van der Waals surface area contributed by atoms with E-state index in [2.05, 4.69) is 13.8 Å². The fourth-order valence-corrected chi connectivity index (χ4v) is 5.27. The zero-order valence-electron chi connectivity index (χ0n) is 26.4. The lowest BCUT2D eigenvalue weighted by Crippen LogP contribution is -2.57. The Morgan fingerprint density at radius 2 is 1.12 bits per heavy atom. The molecular weight excluding hydrogens is 526 g/mol. The van der Waals surface area contributed by atoms with Crippen LogP contribution < -0.4 is 0 Å². The molecule has 0 radical (unpaired) electrons. The lowest BCUT2D eigenvalue weighted by molar-refractivity contribution is -0.180. The summed E-state index contributed by atoms with van der Waals surface area (Å²) in [6.45, 7) is 5.64. The summed E-state index contributed by atoms with van der Waals surface area (Å²) in [4.78, 5) is 14.3. The average Bonchev–Trinajstić information content (AvgIpc) is 2.97. The second-order valence-electron chi connectivity index (χ2n) is 12.0. The van der Waals surface area contributed by atoms with E-state index < -0.39 is 49.3 Å². The molecule has 41 heavy (non-hydrogen) atoms. The minimum atomic E-state index is -1.97. The standard InChI is InChI=1S/C32H65NO8/c1-4-7-9-10-11-12-13-14-15-16-17-20-26(35)21-18-22-28(37)33(23-25(6-3)19-8-5-2)32(41)31(40)30(39)29(38)27(36)24-34/h25-27,29-32,34-36,38-41H,4-24H2,1-3H3/t25?,26?,27-,29-,30+,31-,32?/m1/s1. The maximum Gasteiger partial charge on any atom is 0.224 e. The maximum atomic E-state index is 13.2. The number of carbonyl (C=O) groups is 1. The van der Waals surface area contributed by atoms with E-state index in [1.807, 2.05) is 6.92 Å². The predicted octanol–water partition coefficient (Wildman–Crippen LogP) is 4.02. The van der Waals surface area contributed by atoms with Crippen LogP contribution in [0.3, 0.4) is 0 Å². The first-order chi connectivity index (χ1) is 19.6. The third kappa shape index (κ3) is 18.5. The Bertz CT molecular complexity index is 610. The molecule has 0 saturated carbocycles. The fraction of sp³-hybridized carbons (Fsp3) is 0.969. The molecule has 9 nitrogen and oxygen atoms in total. The molecule has 9 heteroatoms. The molecule has 0 spiro atoms. The first-order valence-electron chi connectivity index (χ1n) is 16.6. The van der Waals surface area contributed by atoms with E-state index in [9.17, 15) is 35.4 Å². The van der Waals surface area contributed by atoms with Gasteiger partial charge in [0.15, 0.2) is 6.23 Å². The quantitative estimate of drug-likeness (QED) is 0.0530. The first kappa shape index (κ1) is 40.2. The van der Waals surface area contributed by atoms with Gasteiger partial charge >= 0.3 is 0 Å². The number of carbonyl (C=O) groups excluding carboxylic acids is 1. The van der Waals surface area contributed by atoms with Gasteiger partial charge in [-0.2, -0.15) is 0 Å². The second kappa shape index (κ2) is 25.7. The Morgan fingerprint density at radius 3 is 1.63 bits per heavy atom. The summed E-state index contributed by atoms with van der Waals surface area (Å²) in [6, 6.07) is 0. The van der Waals surface area contributed by atoms with Gasteiger partial charge in [-0.05, 0) is 31.6 Å². The minimum Gasteiger partial charge on any atom is -0.394 e. The summed E-state index contributed by atoms with van der Waals surface area (Å²) < 4.78 is 0. The van der Waals surface area contributed by atoms with Gasteiger partial charge < -0.3 is 40.6 Å². The Kier molecular flexibility index (Phi) is 25.2. The smallest absolute Gasteiger partial charge is 0.224 e. The third-order valence-electron chi connectivity index (χ3n) is 8.29. The van der Waals surface area contributed by atoms with Crippen LogP contribution in [0.1, 0.15) is 143 Å². The lowest BCUT2D eigenvalue weighted by atomic mass is 9.96. The van der Waals surface area contributed by atoms with Gasteiger partial charge in [0.05, 0.1) is 12.7 Å². The molecule has 0 aliphatic heterocycles. The topological polar surface area (TPSA) is 162 Å². The monoisotopic (exact) mass is 591 g/mol. The summed E-state index contributed by atoms with van der Waals surface area (Å²) >= 11 is 0. The molecular formula is C32H65NO8. The van der Waals surface area contributed by atoms with E-state index in [-0.39, 0.29) is 18.9 Å². The van der Waals surface area contributed by atoms with Crippen LogP contribution in [-0.2, 0) is 4.79 Å². The van der Waals surface area contributed by atoms with Gasteiger partial charge in [-0.15, -0.1) is 0 Å². The number of nitrogens with zero attached hydrogens (tertiary/aromatic N) is 1.